The lowest BCUT2D eigenvalue weighted by Crippen LogP contribution is -2.08. The molecule has 0 aromatic heterocycles. The van der Waals surface area contributed by atoms with Crippen molar-refractivity contribution in [3.8, 4) is 5.75 Å². The van der Waals surface area contributed by atoms with Crippen LogP contribution in [0.4, 0.5) is 4.39 Å². The third-order valence-electron chi connectivity index (χ3n) is 2.27. The maximum Gasteiger partial charge on any atom is 0.311 e. The van der Waals surface area contributed by atoms with E-state index in [1.54, 1.807) is 12.1 Å². The van der Waals surface area contributed by atoms with Crippen LogP contribution in [0.5, 0.6) is 5.75 Å². The Bertz CT molecular complexity index is 380. The van der Waals surface area contributed by atoms with Gasteiger partial charge in [0.05, 0.1) is 0 Å². The van der Waals surface area contributed by atoms with E-state index in [1.165, 1.54) is 6.07 Å². The molecule has 0 saturated carbocycles. The molecule has 0 fully saturated rings. The first kappa shape index (κ1) is 14.4. The second-order valence-electron chi connectivity index (χ2n) is 3.78. The number of hydrogen-bond acceptors (Lipinski definition) is 2. The lowest BCUT2D eigenvalue weighted by molar-refractivity contribution is -0.134. The first-order valence-electron chi connectivity index (χ1n) is 5.72. The van der Waals surface area contributed by atoms with E-state index in [2.05, 4.69) is 22.6 Å². The minimum atomic E-state index is -0.479. The summed E-state index contributed by atoms with van der Waals surface area (Å²) in [4.78, 5) is 11.3. The molecule has 94 valence electrons. The molecular weight excluding hydrogens is 334 g/mol. The van der Waals surface area contributed by atoms with E-state index >= 15 is 0 Å². The zero-order valence-electron chi connectivity index (χ0n) is 9.84. The van der Waals surface area contributed by atoms with Crippen molar-refractivity contribution in [1.82, 2.24) is 0 Å². The molecule has 0 aliphatic rings. The number of hydrogen-bond donors (Lipinski definition) is 0. The SMILES string of the molecule is CCCC(=O)Oc1cc(CCCI)ccc1F. The van der Waals surface area contributed by atoms with Crippen LogP contribution in [-0.2, 0) is 11.2 Å². The largest absolute Gasteiger partial charge is 0.423 e. The second-order valence-corrected chi connectivity index (χ2v) is 4.86. The Hall–Kier alpha value is -0.650. The Kier molecular flexibility index (Phi) is 6.47. The topological polar surface area (TPSA) is 26.3 Å². The first-order chi connectivity index (χ1) is 8.17. The van der Waals surface area contributed by atoms with Crippen molar-refractivity contribution in [2.45, 2.75) is 32.6 Å². The first-order valence-corrected chi connectivity index (χ1v) is 7.25. The summed E-state index contributed by atoms with van der Waals surface area (Å²) in [5.41, 5.74) is 1.00. The molecule has 1 aromatic rings. The van der Waals surface area contributed by atoms with Gasteiger partial charge in [0.1, 0.15) is 0 Å². The van der Waals surface area contributed by atoms with Crippen LogP contribution in [0, 0.1) is 5.82 Å². The van der Waals surface area contributed by atoms with Gasteiger partial charge in [0, 0.05) is 6.42 Å². The van der Waals surface area contributed by atoms with E-state index in [1.807, 2.05) is 6.92 Å². The van der Waals surface area contributed by atoms with Crippen LogP contribution in [0.15, 0.2) is 18.2 Å². The lowest BCUT2D eigenvalue weighted by Gasteiger charge is -2.07. The average molecular weight is 350 g/mol. The monoisotopic (exact) mass is 350 g/mol. The van der Waals surface area contributed by atoms with Gasteiger partial charge in [-0.3, -0.25) is 4.79 Å². The van der Waals surface area contributed by atoms with E-state index in [0.717, 1.165) is 22.8 Å². The summed E-state index contributed by atoms with van der Waals surface area (Å²) in [7, 11) is 0. The van der Waals surface area contributed by atoms with Crippen LogP contribution in [0.3, 0.4) is 0 Å². The van der Waals surface area contributed by atoms with Crippen molar-refractivity contribution >= 4 is 28.6 Å². The summed E-state index contributed by atoms with van der Waals surface area (Å²) in [5.74, 6) is -0.806. The predicted molar refractivity (Wildman–Crippen MR) is 74.2 cm³/mol. The minimum Gasteiger partial charge on any atom is -0.423 e. The summed E-state index contributed by atoms with van der Waals surface area (Å²) in [6.45, 7) is 1.88. The molecule has 0 aliphatic carbocycles. The van der Waals surface area contributed by atoms with E-state index in [-0.39, 0.29) is 11.7 Å². The molecule has 0 amide bonds. The van der Waals surface area contributed by atoms with Crippen LogP contribution >= 0.6 is 22.6 Å². The molecule has 1 aromatic carbocycles. The number of halogens is 2. The fraction of sp³-hybridized carbons (Fsp3) is 0.462. The summed E-state index contributed by atoms with van der Waals surface area (Å²) >= 11 is 2.30. The Morgan fingerprint density at radius 3 is 2.88 bits per heavy atom. The molecule has 0 N–H and O–H groups in total. The van der Waals surface area contributed by atoms with E-state index in [9.17, 15) is 9.18 Å². The van der Waals surface area contributed by atoms with Gasteiger partial charge in [0.15, 0.2) is 11.6 Å². The van der Waals surface area contributed by atoms with E-state index in [0.29, 0.717) is 12.8 Å². The van der Waals surface area contributed by atoms with E-state index < -0.39 is 5.82 Å². The second kappa shape index (κ2) is 7.63. The van der Waals surface area contributed by atoms with Crippen LogP contribution < -0.4 is 4.74 Å². The summed E-state index contributed by atoms with van der Waals surface area (Å²) in [6, 6.07) is 4.71. The van der Waals surface area contributed by atoms with Gasteiger partial charge in [-0.25, -0.2) is 4.39 Å². The fourth-order valence-corrected chi connectivity index (χ4v) is 1.81. The van der Waals surface area contributed by atoms with Crippen molar-refractivity contribution < 1.29 is 13.9 Å². The number of esters is 1. The highest BCUT2D eigenvalue weighted by molar-refractivity contribution is 14.1. The standard InChI is InChI=1S/C13H16FIO2/c1-2-4-13(16)17-12-9-10(5-3-8-15)6-7-11(12)14/h6-7,9H,2-5,8H2,1H3. The third kappa shape index (κ3) is 5.02. The molecule has 2 nitrogen and oxygen atoms in total. The van der Waals surface area contributed by atoms with Crippen molar-refractivity contribution in [2.24, 2.45) is 0 Å². The van der Waals surface area contributed by atoms with E-state index in [4.69, 9.17) is 4.74 Å². The summed E-state index contributed by atoms with van der Waals surface area (Å²) < 4.78 is 19.5. The molecule has 0 unspecified atom stereocenters. The van der Waals surface area contributed by atoms with Crippen LogP contribution in [0.2, 0.25) is 0 Å². The van der Waals surface area contributed by atoms with Crippen molar-refractivity contribution in [3.05, 3.63) is 29.6 Å². The number of rotatable bonds is 6. The number of aryl methyl sites for hydroxylation is 1. The molecule has 1 rings (SSSR count). The fourth-order valence-electron chi connectivity index (χ4n) is 1.43. The number of benzene rings is 1. The number of carbonyl (C=O) groups is 1. The van der Waals surface area contributed by atoms with Crippen molar-refractivity contribution in [3.63, 3.8) is 0 Å². The summed E-state index contributed by atoms with van der Waals surface area (Å²) in [6.07, 6.45) is 2.93. The molecule has 0 spiro atoms. The Labute approximate surface area is 115 Å². The van der Waals surface area contributed by atoms with Gasteiger partial charge in [0.2, 0.25) is 0 Å². The normalized spacial score (nSPS) is 10.3. The molecule has 0 bridgehead atoms. The highest BCUT2D eigenvalue weighted by Crippen LogP contribution is 2.20. The predicted octanol–water partition coefficient (Wildman–Crippen LogP) is 3.90. The average Bonchev–Trinajstić information content (AvgIpc) is 2.30. The number of ether oxygens (including phenoxy) is 1. The molecule has 0 atom stereocenters. The van der Waals surface area contributed by atoms with Crippen LogP contribution in [0.1, 0.15) is 31.7 Å². The molecule has 4 heteroatoms. The quantitative estimate of drug-likeness (QED) is 0.337. The lowest BCUT2D eigenvalue weighted by atomic mass is 10.1. The van der Waals surface area contributed by atoms with Gasteiger partial charge in [-0.2, -0.15) is 0 Å². The Morgan fingerprint density at radius 1 is 1.47 bits per heavy atom. The van der Waals surface area contributed by atoms with Gasteiger partial charge >= 0.3 is 5.97 Å². The molecule has 0 radical (unpaired) electrons. The molecule has 0 aliphatic heterocycles. The molecule has 0 heterocycles. The highest BCUT2D eigenvalue weighted by atomic mass is 127. The molecule has 0 saturated heterocycles. The summed E-state index contributed by atoms with van der Waals surface area (Å²) in [5, 5.41) is 0. The zero-order chi connectivity index (χ0) is 12.7. The van der Waals surface area contributed by atoms with Crippen molar-refractivity contribution in [2.75, 3.05) is 4.43 Å². The molecule has 17 heavy (non-hydrogen) atoms. The van der Waals surface area contributed by atoms with Gasteiger partial charge in [-0.1, -0.05) is 35.6 Å². The van der Waals surface area contributed by atoms with Gasteiger partial charge in [0.25, 0.3) is 0 Å². The van der Waals surface area contributed by atoms with Crippen molar-refractivity contribution in [1.29, 1.82) is 0 Å². The van der Waals surface area contributed by atoms with Gasteiger partial charge in [-0.15, -0.1) is 0 Å². The highest BCUT2D eigenvalue weighted by Gasteiger charge is 2.09. The van der Waals surface area contributed by atoms with Gasteiger partial charge in [-0.05, 0) is 41.4 Å². The number of carbonyl (C=O) groups excluding carboxylic acids is 1. The minimum absolute atomic E-state index is 0.0504. The van der Waals surface area contributed by atoms with Gasteiger partial charge < -0.3 is 4.74 Å². The third-order valence-corrected chi connectivity index (χ3v) is 3.04. The maximum atomic E-state index is 13.4. The van der Waals surface area contributed by atoms with Crippen LogP contribution in [-0.4, -0.2) is 10.4 Å². The Balaban J connectivity index is 2.72. The van der Waals surface area contributed by atoms with Crippen LogP contribution in [0.25, 0.3) is 0 Å². The number of alkyl halides is 1. The molecular formula is C13H16FIO2. The zero-order valence-corrected chi connectivity index (χ0v) is 12.0. The maximum absolute atomic E-state index is 13.4. The smallest absolute Gasteiger partial charge is 0.311 e. The Morgan fingerprint density at radius 2 is 2.24 bits per heavy atom.